The topological polar surface area (TPSA) is 20.3 Å². The molecule has 1 unspecified atom stereocenters. The van der Waals surface area contributed by atoms with Crippen molar-refractivity contribution in [3.05, 3.63) is 0 Å². The van der Waals surface area contributed by atoms with Crippen LogP contribution >= 0.6 is 11.6 Å². The first-order valence-corrected chi connectivity index (χ1v) is 5.07. The molecule has 0 radical (unpaired) electrons. The van der Waals surface area contributed by atoms with Gasteiger partial charge in [0, 0.05) is 13.1 Å². The van der Waals surface area contributed by atoms with E-state index in [9.17, 15) is 9.18 Å². The monoisotopic (exact) mass is 207 g/mol. The highest BCUT2D eigenvalue weighted by atomic mass is 35.5. The molecule has 76 valence electrons. The third-order valence-electron chi connectivity index (χ3n) is 2.48. The van der Waals surface area contributed by atoms with Crippen LogP contribution in [-0.4, -0.2) is 35.9 Å². The van der Waals surface area contributed by atoms with Gasteiger partial charge in [-0.2, -0.15) is 0 Å². The number of amides is 1. The summed E-state index contributed by atoms with van der Waals surface area (Å²) in [7, 11) is 0. The Morgan fingerprint density at radius 2 is 2.15 bits per heavy atom. The van der Waals surface area contributed by atoms with Gasteiger partial charge in [-0.3, -0.25) is 9.18 Å². The number of nitrogens with zero attached hydrogens (tertiary/aromatic N) is 1. The van der Waals surface area contributed by atoms with Crippen molar-refractivity contribution in [3.63, 3.8) is 0 Å². The zero-order valence-corrected chi connectivity index (χ0v) is 8.56. The summed E-state index contributed by atoms with van der Waals surface area (Å²) in [6, 6.07) is 0. The average molecular weight is 208 g/mol. The lowest BCUT2D eigenvalue weighted by molar-refractivity contribution is -0.131. The lowest BCUT2D eigenvalue weighted by Crippen LogP contribution is -2.41. The molecule has 1 rings (SSSR count). The normalized spacial score (nSPS) is 21.6. The summed E-state index contributed by atoms with van der Waals surface area (Å²) in [5.74, 6) is 0.119. The fourth-order valence-electron chi connectivity index (χ4n) is 1.56. The summed E-state index contributed by atoms with van der Waals surface area (Å²) < 4.78 is 12.2. The molecule has 0 aromatic rings. The van der Waals surface area contributed by atoms with E-state index < -0.39 is 5.38 Å². The molecule has 1 aliphatic rings. The highest BCUT2D eigenvalue weighted by molar-refractivity contribution is 6.30. The van der Waals surface area contributed by atoms with Crippen molar-refractivity contribution < 1.29 is 9.18 Å². The highest BCUT2D eigenvalue weighted by Gasteiger charge is 2.24. The predicted molar refractivity (Wildman–Crippen MR) is 50.6 cm³/mol. The van der Waals surface area contributed by atoms with Crippen LogP contribution in [0.3, 0.4) is 0 Å². The minimum absolute atomic E-state index is 0.0287. The Hall–Kier alpha value is -0.310. The molecule has 2 nitrogen and oxygen atoms in total. The molecule has 0 aromatic heterocycles. The molecule has 13 heavy (non-hydrogen) atoms. The molecule has 1 saturated heterocycles. The molecular weight excluding hydrogens is 193 g/mol. The molecule has 1 aliphatic heterocycles. The van der Waals surface area contributed by atoms with Gasteiger partial charge in [-0.05, 0) is 25.7 Å². The first-order valence-electron chi connectivity index (χ1n) is 4.64. The quantitative estimate of drug-likeness (QED) is 0.633. The molecule has 0 spiro atoms. The molecule has 0 aliphatic carbocycles. The number of carbonyl (C=O) groups is 1. The van der Waals surface area contributed by atoms with E-state index in [4.69, 9.17) is 11.6 Å². The predicted octanol–water partition coefficient (Wildman–Crippen LogP) is 1.82. The van der Waals surface area contributed by atoms with Gasteiger partial charge >= 0.3 is 0 Å². The van der Waals surface area contributed by atoms with Crippen LogP contribution in [0.2, 0.25) is 0 Å². The van der Waals surface area contributed by atoms with Crippen LogP contribution in [0.4, 0.5) is 4.39 Å². The van der Waals surface area contributed by atoms with E-state index in [-0.39, 0.29) is 18.5 Å². The number of hydrogen-bond donors (Lipinski definition) is 0. The minimum Gasteiger partial charge on any atom is -0.341 e. The Morgan fingerprint density at radius 1 is 1.62 bits per heavy atom. The molecule has 0 bridgehead atoms. The van der Waals surface area contributed by atoms with Crippen molar-refractivity contribution in [2.45, 2.75) is 25.1 Å². The lowest BCUT2D eigenvalue weighted by atomic mass is 9.98. The van der Waals surface area contributed by atoms with Gasteiger partial charge in [-0.15, -0.1) is 11.6 Å². The fraction of sp³-hybridized carbons (Fsp3) is 0.889. The second-order valence-corrected chi connectivity index (χ2v) is 4.19. The molecular formula is C9H15ClFNO. The molecule has 1 heterocycles. The van der Waals surface area contributed by atoms with Crippen LogP contribution in [0.25, 0.3) is 0 Å². The van der Waals surface area contributed by atoms with E-state index in [0.29, 0.717) is 13.1 Å². The molecule has 1 amide bonds. The van der Waals surface area contributed by atoms with Gasteiger partial charge in [0.1, 0.15) is 5.38 Å². The number of alkyl halides is 2. The summed E-state index contributed by atoms with van der Waals surface area (Å²) in [4.78, 5) is 13.1. The summed E-state index contributed by atoms with van der Waals surface area (Å²) in [5.41, 5.74) is 0. The molecule has 1 atom stereocenters. The van der Waals surface area contributed by atoms with Crippen LogP contribution in [0, 0.1) is 5.92 Å². The van der Waals surface area contributed by atoms with Crippen molar-refractivity contribution in [3.8, 4) is 0 Å². The fourth-order valence-corrected chi connectivity index (χ4v) is 1.70. The first kappa shape index (κ1) is 10.8. The third kappa shape index (κ3) is 2.83. The Labute approximate surface area is 83.0 Å². The Kier molecular flexibility index (Phi) is 3.97. The molecule has 4 heteroatoms. The molecule has 0 aromatic carbocycles. The standard InChI is InChI=1S/C9H15ClFNO/c1-7(10)9(13)12-4-2-8(6-11)3-5-12/h7-8H,2-6H2,1H3. The summed E-state index contributed by atoms with van der Waals surface area (Å²) in [6.45, 7) is 2.72. The maximum absolute atomic E-state index is 12.2. The van der Waals surface area contributed by atoms with E-state index in [0.717, 1.165) is 12.8 Å². The number of carbonyl (C=O) groups excluding carboxylic acids is 1. The second-order valence-electron chi connectivity index (χ2n) is 3.54. The SMILES string of the molecule is CC(Cl)C(=O)N1CCC(CF)CC1. The van der Waals surface area contributed by atoms with Gasteiger partial charge in [-0.25, -0.2) is 0 Å². The van der Waals surface area contributed by atoms with E-state index in [1.807, 2.05) is 0 Å². The van der Waals surface area contributed by atoms with E-state index >= 15 is 0 Å². The van der Waals surface area contributed by atoms with E-state index in [1.165, 1.54) is 0 Å². The first-order chi connectivity index (χ1) is 6.15. The van der Waals surface area contributed by atoms with Crippen LogP contribution in [0.5, 0.6) is 0 Å². The highest BCUT2D eigenvalue weighted by Crippen LogP contribution is 2.18. The maximum Gasteiger partial charge on any atom is 0.240 e. The lowest BCUT2D eigenvalue weighted by Gasteiger charge is -2.31. The summed E-state index contributed by atoms with van der Waals surface area (Å²) in [6.07, 6.45) is 1.54. The average Bonchev–Trinajstić information content (AvgIpc) is 2.17. The van der Waals surface area contributed by atoms with Crippen molar-refractivity contribution in [1.29, 1.82) is 0 Å². The van der Waals surface area contributed by atoms with Gasteiger partial charge < -0.3 is 4.90 Å². The zero-order chi connectivity index (χ0) is 9.84. The van der Waals surface area contributed by atoms with Crippen LogP contribution in [0.15, 0.2) is 0 Å². The van der Waals surface area contributed by atoms with Gasteiger partial charge in [0.2, 0.25) is 5.91 Å². The Morgan fingerprint density at radius 3 is 2.54 bits per heavy atom. The Balaban J connectivity index is 2.36. The number of hydrogen-bond acceptors (Lipinski definition) is 1. The smallest absolute Gasteiger partial charge is 0.240 e. The van der Waals surface area contributed by atoms with Gasteiger partial charge in [0.25, 0.3) is 0 Å². The summed E-state index contributed by atoms with van der Waals surface area (Å²) >= 11 is 5.67. The van der Waals surface area contributed by atoms with E-state index in [2.05, 4.69) is 0 Å². The van der Waals surface area contributed by atoms with Crippen molar-refractivity contribution in [2.75, 3.05) is 19.8 Å². The second kappa shape index (κ2) is 4.80. The Bertz CT molecular complexity index is 178. The number of piperidine rings is 1. The number of halogens is 2. The summed E-state index contributed by atoms with van der Waals surface area (Å²) in [5, 5.41) is -0.457. The van der Waals surface area contributed by atoms with Crippen molar-refractivity contribution in [1.82, 2.24) is 4.90 Å². The van der Waals surface area contributed by atoms with Gasteiger partial charge in [-0.1, -0.05) is 0 Å². The van der Waals surface area contributed by atoms with E-state index in [1.54, 1.807) is 11.8 Å². The molecule has 0 N–H and O–H groups in total. The van der Waals surface area contributed by atoms with Crippen LogP contribution < -0.4 is 0 Å². The van der Waals surface area contributed by atoms with Crippen LogP contribution in [0.1, 0.15) is 19.8 Å². The minimum atomic E-state index is -0.457. The largest absolute Gasteiger partial charge is 0.341 e. The molecule has 0 saturated carbocycles. The van der Waals surface area contributed by atoms with Crippen LogP contribution in [-0.2, 0) is 4.79 Å². The van der Waals surface area contributed by atoms with Crippen molar-refractivity contribution >= 4 is 17.5 Å². The van der Waals surface area contributed by atoms with Gasteiger partial charge in [0.05, 0.1) is 6.67 Å². The van der Waals surface area contributed by atoms with Gasteiger partial charge in [0.15, 0.2) is 0 Å². The number of rotatable bonds is 2. The van der Waals surface area contributed by atoms with Crippen molar-refractivity contribution in [2.24, 2.45) is 5.92 Å². The maximum atomic E-state index is 12.2. The third-order valence-corrected chi connectivity index (χ3v) is 2.67. The molecule has 1 fully saturated rings. The number of likely N-dealkylation sites (tertiary alicyclic amines) is 1. The zero-order valence-electron chi connectivity index (χ0n) is 7.80.